The average molecular weight is 178 g/mol. The maximum absolute atomic E-state index is 5.54. The highest BCUT2D eigenvalue weighted by molar-refractivity contribution is 7.13. The van der Waals surface area contributed by atoms with Crippen molar-refractivity contribution in [3.63, 3.8) is 0 Å². The third kappa shape index (κ3) is 1.11. The predicted molar refractivity (Wildman–Crippen MR) is 52.2 cm³/mol. The van der Waals surface area contributed by atoms with E-state index in [1.165, 1.54) is 27.2 Å². The zero-order chi connectivity index (χ0) is 8.55. The molecule has 1 heterocycles. The molecule has 0 radical (unpaired) electrons. The lowest BCUT2D eigenvalue weighted by molar-refractivity contribution is 1.04. The van der Waals surface area contributed by atoms with Crippen LogP contribution in [0.2, 0.25) is 0 Å². The van der Waals surface area contributed by atoms with Gasteiger partial charge in [-0.3, -0.25) is 0 Å². The second-order valence-corrected chi connectivity index (χ2v) is 3.64. The minimum atomic E-state index is 0.531. The SMILES string of the molecule is Cc1ccc2c(CN)nsc2c1. The molecule has 0 fully saturated rings. The van der Waals surface area contributed by atoms with Crippen LogP contribution in [0.25, 0.3) is 10.1 Å². The summed E-state index contributed by atoms with van der Waals surface area (Å²) in [5.41, 5.74) is 7.82. The van der Waals surface area contributed by atoms with Crippen molar-refractivity contribution >= 4 is 21.6 Å². The van der Waals surface area contributed by atoms with Gasteiger partial charge in [0, 0.05) is 11.9 Å². The number of fused-ring (bicyclic) bond motifs is 1. The van der Waals surface area contributed by atoms with E-state index in [0.717, 1.165) is 5.69 Å². The minimum absolute atomic E-state index is 0.531. The Kier molecular flexibility index (Phi) is 1.83. The van der Waals surface area contributed by atoms with E-state index in [-0.39, 0.29) is 0 Å². The molecule has 0 aliphatic heterocycles. The van der Waals surface area contributed by atoms with Gasteiger partial charge in [-0.25, -0.2) is 0 Å². The van der Waals surface area contributed by atoms with E-state index < -0.39 is 0 Å². The average Bonchev–Trinajstić information content (AvgIpc) is 2.46. The van der Waals surface area contributed by atoms with Crippen molar-refractivity contribution in [1.29, 1.82) is 0 Å². The third-order valence-electron chi connectivity index (χ3n) is 1.90. The first-order chi connectivity index (χ1) is 5.81. The summed E-state index contributed by atoms with van der Waals surface area (Å²) in [5.74, 6) is 0. The van der Waals surface area contributed by atoms with Crippen LogP contribution < -0.4 is 5.73 Å². The molecule has 0 unspecified atom stereocenters. The summed E-state index contributed by atoms with van der Waals surface area (Å²) < 4.78 is 5.50. The lowest BCUT2D eigenvalue weighted by Crippen LogP contribution is -1.95. The van der Waals surface area contributed by atoms with Gasteiger partial charge in [0.1, 0.15) is 0 Å². The summed E-state index contributed by atoms with van der Waals surface area (Å²) in [5, 5.41) is 1.20. The van der Waals surface area contributed by atoms with Crippen molar-refractivity contribution in [2.24, 2.45) is 5.73 Å². The Bertz CT molecular complexity index is 406. The maximum atomic E-state index is 5.54. The van der Waals surface area contributed by atoms with E-state index >= 15 is 0 Å². The highest BCUT2D eigenvalue weighted by atomic mass is 32.1. The van der Waals surface area contributed by atoms with E-state index in [0.29, 0.717) is 6.54 Å². The van der Waals surface area contributed by atoms with Crippen LogP contribution in [0.5, 0.6) is 0 Å². The van der Waals surface area contributed by atoms with Gasteiger partial charge in [-0.1, -0.05) is 12.1 Å². The van der Waals surface area contributed by atoms with E-state index in [9.17, 15) is 0 Å². The second kappa shape index (κ2) is 2.84. The normalized spacial score (nSPS) is 10.8. The minimum Gasteiger partial charge on any atom is -0.325 e. The van der Waals surface area contributed by atoms with Crippen LogP contribution in [0, 0.1) is 6.92 Å². The van der Waals surface area contributed by atoms with Crippen molar-refractivity contribution in [2.45, 2.75) is 13.5 Å². The third-order valence-corrected chi connectivity index (χ3v) is 2.74. The molecule has 0 saturated carbocycles. The van der Waals surface area contributed by atoms with E-state index in [1.54, 1.807) is 0 Å². The predicted octanol–water partition coefficient (Wildman–Crippen LogP) is 2.06. The first kappa shape index (κ1) is 7.71. The van der Waals surface area contributed by atoms with E-state index in [4.69, 9.17) is 5.73 Å². The molecular weight excluding hydrogens is 168 g/mol. The Balaban J connectivity index is 2.73. The molecule has 0 amide bonds. The number of hydrogen-bond donors (Lipinski definition) is 1. The first-order valence-corrected chi connectivity index (χ1v) is 4.63. The zero-order valence-electron chi connectivity index (χ0n) is 6.87. The van der Waals surface area contributed by atoms with Crippen molar-refractivity contribution in [2.75, 3.05) is 0 Å². The molecule has 2 rings (SSSR count). The fourth-order valence-corrected chi connectivity index (χ4v) is 2.15. The number of benzene rings is 1. The lowest BCUT2D eigenvalue weighted by atomic mass is 10.1. The summed E-state index contributed by atoms with van der Waals surface area (Å²) >= 11 is 1.52. The summed E-state index contributed by atoms with van der Waals surface area (Å²) in [4.78, 5) is 0. The van der Waals surface area contributed by atoms with Gasteiger partial charge in [0.15, 0.2) is 0 Å². The van der Waals surface area contributed by atoms with Crippen molar-refractivity contribution in [3.8, 4) is 0 Å². The molecule has 2 N–H and O–H groups in total. The van der Waals surface area contributed by atoms with Crippen molar-refractivity contribution < 1.29 is 0 Å². The number of hydrogen-bond acceptors (Lipinski definition) is 3. The fraction of sp³-hybridized carbons (Fsp3) is 0.222. The van der Waals surface area contributed by atoms with E-state index in [2.05, 4.69) is 29.5 Å². The van der Waals surface area contributed by atoms with Crippen LogP contribution in [-0.4, -0.2) is 4.37 Å². The molecule has 2 nitrogen and oxygen atoms in total. The second-order valence-electron chi connectivity index (χ2n) is 2.83. The van der Waals surface area contributed by atoms with Gasteiger partial charge in [0.2, 0.25) is 0 Å². The summed E-state index contributed by atoms with van der Waals surface area (Å²) in [6, 6.07) is 6.33. The van der Waals surface area contributed by atoms with Crippen LogP contribution in [0.3, 0.4) is 0 Å². The number of nitrogens with two attached hydrogens (primary N) is 1. The number of rotatable bonds is 1. The Hall–Kier alpha value is -0.930. The number of nitrogens with zero attached hydrogens (tertiary/aromatic N) is 1. The highest BCUT2D eigenvalue weighted by Gasteiger charge is 2.02. The van der Waals surface area contributed by atoms with Gasteiger partial charge in [-0.2, -0.15) is 4.37 Å². The molecular formula is C9H10N2S. The quantitative estimate of drug-likeness (QED) is 0.726. The van der Waals surface area contributed by atoms with Crippen LogP contribution in [0.1, 0.15) is 11.3 Å². The molecule has 2 aromatic rings. The fourth-order valence-electron chi connectivity index (χ4n) is 1.24. The standard InChI is InChI=1S/C9H10N2S/c1-6-2-3-7-8(5-10)11-12-9(7)4-6/h2-4H,5,10H2,1H3. The molecule has 0 atom stereocenters. The number of aromatic nitrogens is 1. The molecule has 12 heavy (non-hydrogen) atoms. The highest BCUT2D eigenvalue weighted by Crippen LogP contribution is 2.23. The van der Waals surface area contributed by atoms with Crippen LogP contribution in [0.15, 0.2) is 18.2 Å². The van der Waals surface area contributed by atoms with Crippen molar-refractivity contribution in [1.82, 2.24) is 4.37 Å². The van der Waals surface area contributed by atoms with Crippen molar-refractivity contribution in [3.05, 3.63) is 29.5 Å². The van der Waals surface area contributed by atoms with E-state index in [1.807, 2.05) is 0 Å². The molecule has 0 aliphatic rings. The van der Waals surface area contributed by atoms with Gasteiger partial charge in [0.25, 0.3) is 0 Å². The van der Waals surface area contributed by atoms with Crippen LogP contribution in [-0.2, 0) is 6.54 Å². The first-order valence-electron chi connectivity index (χ1n) is 3.86. The summed E-state index contributed by atoms with van der Waals surface area (Å²) in [7, 11) is 0. The molecule has 1 aromatic carbocycles. The monoisotopic (exact) mass is 178 g/mol. The topological polar surface area (TPSA) is 38.9 Å². The Morgan fingerprint density at radius 2 is 2.33 bits per heavy atom. The van der Waals surface area contributed by atoms with Gasteiger partial charge >= 0.3 is 0 Å². The summed E-state index contributed by atoms with van der Waals surface area (Å²) in [6.07, 6.45) is 0. The van der Waals surface area contributed by atoms with Gasteiger partial charge < -0.3 is 5.73 Å². The summed E-state index contributed by atoms with van der Waals surface area (Å²) in [6.45, 7) is 2.62. The molecule has 0 saturated heterocycles. The van der Waals surface area contributed by atoms with Gasteiger partial charge in [-0.05, 0) is 30.1 Å². The molecule has 1 aromatic heterocycles. The molecule has 62 valence electrons. The Morgan fingerprint density at radius 3 is 3.08 bits per heavy atom. The Morgan fingerprint density at radius 1 is 1.50 bits per heavy atom. The lowest BCUT2D eigenvalue weighted by Gasteiger charge is -1.92. The largest absolute Gasteiger partial charge is 0.325 e. The number of aryl methyl sites for hydroxylation is 1. The smallest absolute Gasteiger partial charge is 0.0756 e. The molecule has 0 spiro atoms. The van der Waals surface area contributed by atoms with Gasteiger partial charge in [0.05, 0.1) is 10.4 Å². The zero-order valence-corrected chi connectivity index (χ0v) is 7.69. The maximum Gasteiger partial charge on any atom is 0.0756 e. The molecule has 0 bridgehead atoms. The molecule has 3 heteroatoms. The van der Waals surface area contributed by atoms with Crippen LogP contribution in [0.4, 0.5) is 0 Å². The Labute approximate surface area is 75.2 Å². The molecule has 0 aliphatic carbocycles. The van der Waals surface area contributed by atoms with Crippen LogP contribution >= 0.6 is 11.5 Å². The van der Waals surface area contributed by atoms with Gasteiger partial charge in [-0.15, -0.1) is 0 Å².